The molecule has 4 heteroatoms. The SMILES string of the molecule is NCc1ccc(-c2cccc(Br)n2)nc1. The number of nitrogens with zero attached hydrogens (tertiary/aromatic N) is 2. The van der Waals surface area contributed by atoms with Gasteiger partial charge in [0.2, 0.25) is 0 Å². The highest BCUT2D eigenvalue weighted by Gasteiger charge is 2.00. The topological polar surface area (TPSA) is 51.8 Å². The third kappa shape index (κ3) is 2.40. The van der Waals surface area contributed by atoms with Crippen LogP contribution in [0.2, 0.25) is 0 Å². The van der Waals surface area contributed by atoms with E-state index in [0.29, 0.717) is 6.54 Å². The molecule has 0 fully saturated rings. The molecule has 0 aliphatic heterocycles. The van der Waals surface area contributed by atoms with Crippen molar-refractivity contribution in [3.63, 3.8) is 0 Å². The van der Waals surface area contributed by atoms with Gasteiger partial charge in [-0.1, -0.05) is 12.1 Å². The van der Waals surface area contributed by atoms with Gasteiger partial charge in [0.15, 0.2) is 0 Å². The minimum Gasteiger partial charge on any atom is -0.326 e. The van der Waals surface area contributed by atoms with Crippen LogP contribution >= 0.6 is 15.9 Å². The maximum Gasteiger partial charge on any atom is 0.106 e. The van der Waals surface area contributed by atoms with Crippen LogP contribution < -0.4 is 5.73 Å². The summed E-state index contributed by atoms with van der Waals surface area (Å²) in [7, 11) is 0. The summed E-state index contributed by atoms with van der Waals surface area (Å²) in [5, 5.41) is 0. The largest absolute Gasteiger partial charge is 0.326 e. The van der Waals surface area contributed by atoms with E-state index in [9.17, 15) is 0 Å². The lowest BCUT2D eigenvalue weighted by molar-refractivity contribution is 1.05. The second kappa shape index (κ2) is 4.51. The monoisotopic (exact) mass is 263 g/mol. The van der Waals surface area contributed by atoms with Crippen LogP contribution in [-0.2, 0) is 6.54 Å². The minimum absolute atomic E-state index is 0.513. The van der Waals surface area contributed by atoms with Crippen LogP contribution in [0, 0.1) is 0 Å². The van der Waals surface area contributed by atoms with Crippen molar-refractivity contribution in [2.45, 2.75) is 6.54 Å². The molecule has 76 valence electrons. The van der Waals surface area contributed by atoms with Crippen molar-refractivity contribution in [1.29, 1.82) is 0 Å². The molecule has 0 aromatic carbocycles. The molecular formula is C11H10BrN3. The Hall–Kier alpha value is -1.26. The van der Waals surface area contributed by atoms with Crippen LogP contribution in [-0.4, -0.2) is 9.97 Å². The number of aromatic nitrogens is 2. The first-order valence-electron chi connectivity index (χ1n) is 4.57. The van der Waals surface area contributed by atoms with Crippen molar-refractivity contribution in [3.05, 3.63) is 46.7 Å². The average molecular weight is 264 g/mol. The molecule has 0 aliphatic rings. The van der Waals surface area contributed by atoms with Gasteiger partial charge in [0.1, 0.15) is 4.60 Å². The normalized spacial score (nSPS) is 10.3. The van der Waals surface area contributed by atoms with Crippen LogP contribution in [0.5, 0.6) is 0 Å². The molecule has 2 aromatic heterocycles. The van der Waals surface area contributed by atoms with Crippen molar-refractivity contribution in [2.24, 2.45) is 5.73 Å². The van der Waals surface area contributed by atoms with E-state index in [0.717, 1.165) is 21.6 Å². The first kappa shape index (κ1) is 10.3. The zero-order chi connectivity index (χ0) is 10.7. The van der Waals surface area contributed by atoms with E-state index in [1.807, 2.05) is 30.3 Å². The second-order valence-electron chi connectivity index (χ2n) is 3.10. The molecule has 2 heterocycles. The Labute approximate surface area is 96.5 Å². The van der Waals surface area contributed by atoms with Gasteiger partial charge >= 0.3 is 0 Å². The summed E-state index contributed by atoms with van der Waals surface area (Å²) in [6.45, 7) is 0.513. The molecule has 0 aliphatic carbocycles. The number of nitrogens with two attached hydrogens (primary N) is 1. The Balaban J connectivity index is 2.37. The molecule has 0 bridgehead atoms. The predicted molar refractivity (Wildman–Crippen MR) is 63.1 cm³/mol. The third-order valence-electron chi connectivity index (χ3n) is 2.04. The van der Waals surface area contributed by atoms with Crippen LogP contribution in [0.15, 0.2) is 41.1 Å². The highest BCUT2D eigenvalue weighted by Crippen LogP contribution is 2.16. The van der Waals surface area contributed by atoms with E-state index in [1.165, 1.54) is 0 Å². The summed E-state index contributed by atoms with van der Waals surface area (Å²) in [6.07, 6.45) is 1.78. The third-order valence-corrected chi connectivity index (χ3v) is 2.48. The van der Waals surface area contributed by atoms with Crippen molar-refractivity contribution < 1.29 is 0 Å². The molecule has 0 saturated carbocycles. The van der Waals surface area contributed by atoms with Crippen LogP contribution in [0.3, 0.4) is 0 Å². The zero-order valence-corrected chi connectivity index (χ0v) is 9.61. The molecule has 2 aromatic rings. The van der Waals surface area contributed by atoms with E-state index >= 15 is 0 Å². The maximum absolute atomic E-state index is 5.50. The van der Waals surface area contributed by atoms with Crippen molar-refractivity contribution in [3.8, 4) is 11.4 Å². The summed E-state index contributed by atoms with van der Waals surface area (Å²) >= 11 is 3.33. The van der Waals surface area contributed by atoms with E-state index in [1.54, 1.807) is 6.20 Å². The Kier molecular flexibility index (Phi) is 3.08. The lowest BCUT2D eigenvalue weighted by Crippen LogP contribution is -1.97. The Morgan fingerprint density at radius 2 is 2.00 bits per heavy atom. The number of rotatable bonds is 2. The van der Waals surface area contributed by atoms with Gasteiger partial charge in [-0.15, -0.1) is 0 Å². The fourth-order valence-electron chi connectivity index (χ4n) is 1.25. The molecule has 0 saturated heterocycles. The average Bonchev–Trinajstić information content (AvgIpc) is 2.29. The van der Waals surface area contributed by atoms with Crippen LogP contribution in [0.25, 0.3) is 11.4 Å². The maximum atomic E-state index is 5.50. The van der Waals surface area contributed by atoms with E-state index in [2.05, 4.69) is 25.9 Å². The smallest absolute Gasteiger partial charge is 0.106 e. The summed E-state index contributed by atoms with van der Waals surface area (Å²) in [5.41, 5.74) is 8.23. The van der Waals surface area contributed by atoms with Gasteiger partial charge in [0.05, 0.1) is 11.4 Å². The van der Waals surface area contributed by atoms with E-state index in [4.69, 9.17) is 5.73 Å². The molecule has 2 rings (SSSR count). The van der Waals surface area contributed by atoms with Gasteiger partial charge in [0, 0.05) is 12.7 Å². The highest BCUT2D eigenvalue weighted by molar-refractivity contribution is 9.10. The summed E-state index contributed by atoms with van der Waals surface area (Å²) in [4.78, 5) is 8.62. The lowest BCUT2D eigenvalue weighted by atomic mass is 10.2. The molecule has 0 radical (unpaired) electrons. The summed E-state index contributed by atoms with van der Waals surface area (Å²) in [6, 6.07) is 9.64. The van der Waals surface area contributed by atoms with Gasteiger partial charge in [-0.05, 0) is 39.7 Å². The molecule has 2 N–H and O–H groups in total. The van der Waals surface area contributed by atoms with Crippen molar-refractivity contribution in [2.75, 3.05) is 0 Å². The standard InChI is InChI=1S/C11H10BrN3/c12-11-3-1-2-10(15-11)9-5-4-8(6-13)7-14-9/h1-5,7H,6,13H2. The minimum atomic E-state index is 0.513. The fourth-order valence-corrected chi connectivity index (χ4v) is 1.59. The quantitative estimate of drug-likeness (QED) is 0.847. The molecule has 0 unspecified atom stereocenters. The molecule has 0 amide bonds. The zero-order valence-electron chi connectivity index (χ0n) is 8.02. The molecule has 0 spiro atoms. The van der Waals surface area contributed by atoms with Crippen molar-refractivity contribution >= 4 is 15.9 Å². The van der Waals surface area contributed by atoms with Crippen LogP contribution in [0.1, 0.15) is 5.56 Å². The van der Waals surface area contributed by atoms with Crippen molar-refractivity contribution in [1.82, 2.24) is 9.97 Å². The summed E-state index contributed by atoms with van der Waals surface area (Å²) in [5.74, 6) is 0. The van der Waals surface area contributed by atoms with Gasteiger partial charge in [-0.25, -0.2) is 4.98 Å². The first-order chi connectivity index (χ1) is 7.29. The van der Waals surface area contributed by atoms with E-state index < -0.39 is 0 Å². The second-order valence-corrected chi connectivity index (χ2v) is 3.91. The summed E-state index contributed by atoms with van der Waals surface area (Å²) < 4.78 is 0.810. The van der Waals surface area contributed by atoms with Gasteiger partial charge in [-0.2, -0.15) is 0 Å². The number of hydrogen-bond acceptors (Lipinski definition) is 3. The van der Waals surface area contributed by atoms with Gasteiger partial charge in [0.25, 0.3) is 0 Å². The first-order valence-corrected chi connectivity index (χ1v) is 5.37. The molecular weight excluding hydrogens is 254 g/mol. The molecule has 3 nitrogen and oxygen atoms in total. The number of hydrogen-bond donors (Lipinski definition) is 1. The van der Waals surface area contributed by atoms with Crippen LogP contribution in [0.4, 0.5) is 0 Å². The number of halogens is 1. The van der Waals surface area contributed by atoms with Gasteiger partial charge < -0.3 is 5.73 Å². The number of pyridine rings is 2. The van der Waals surface area contributed by atoms with Gasteiger partial charge in [-0.3, -0.25) is 4.98 Å². The molecule has 15 heavy (non-hydrogen) atoms. The lowest BCUT2D eigenvalue weighted by Gasteiger charge is -2.01. The fraction of sp³-hybridized carbons (Fsp3) is 0.0909. The Morgan fingerprint density at radius 1 is 1.13 bits per heavy atom. The highest BCUT2D eigenvalue weighted by atomic mass is 79.9. The Morgan fingerprint density at radius 3 is 2.60 bits per heavy atom. The Bertz CT molecular complexity index is 454. The molecule has 0 atom stereocenters. The predicted octanol–water partition coefficient (Wildman–Crippen LogP) is 2.36. The van der Waals surface area contributed by atoms with E-state index in [-0.39, 0.29) is 0 Å².